The van der Waals surface area contributed by atoms with Gasteiger partial charge in [-0.25, -0.2) is 14.8 Å². The van der Waals surface area contributed by atoms with Crippen LogP contribution in [0.15, 0.2) is 61.1 Å². The van der Waals surface area contributed by atoms with Crippen molar-refractivity contribution in [3.05, 3.63) is 77.9 Å². The van der Waals surface area contributed by atoms with Crippen molar-refractivity contribution in [1.29, 1.82) is 0 Å². The molecule has 0 atom stereocenters. The number of fused-ring (bicyclic) bond motifs is 2. The Kier molecular flexibility index (Phi) is 5.26. The fourth-order valence-electron chi connectivity index (χ4n) is 4.06. The standard InChI is InChI=1S/C25H23N5O3/c1-16-4-3-5-19(12-16)28-25(32)30-11-8-18-13-20(6-7-23(18)30)33-24-21-9-10-29(17(2)31)14-22(21)26-15-27-24/h3-8,11-13,15H,9-10,14H2,1-2H3,(H,28,32). The number of aryl methyl sites for hydroxylation is 1. The number of hydrogen-bond donors (Lipinski definition) is 1. The number of nitrogens with one attached hydrogen (secondary N) is 1. The molecule has 0 saturated heterocycles. The van der Waals surface area contributed by atoms with E-state index in [1.54, 1.807) is 22.6 Å². The number of aromatic nitrogens is 3. The predicted molar refractivity (Wildman–Crippen MR) is 124 cm³/mol. The molecule has 2 aromatic heterocycles. The first-order valence-corrected chi connectivity index (χ1v) is 10.7. The van der Waals surface area contributed by atoms with Crippen LogP contribution in [0.4, 0.5) is 10.5 Å². The van der Waals surface area contributed by atoms with Crippen LogP contribution in [0.3, 0.4) is 0 Å². The van der Waals surface area contributed by atoms with Gasteiger partial charge in [0.05, 0.1) is 17.8 Å². The molecule has 4 aromatic rings. The molecule has 1 N–H and O–H groups in total. The van der Waals surface area contributed by atoms with E-state index in [-0.39, 0.29) is 11.9 Å². The predicted octanol–water partition coefficient (Wildman–Crippen LogP) is 4.52. The van der Waals surface area contributed by atoms with E-state index >= 15 is 0 Å². The summed E-state index contributed by atoms with van der Waals surface area (Å²) in [7, 11) is 0. The number of carbonyl (C=O) groups excluding carboxylic acids is 2. The maximum atomic E-state index is 12.8. The van der Waals surface area contributed by atoms with Crippen LogP contribution in [-0.2, 0) is 17.8 Å². The Bertz CT molecular complexity index is 1380. The van der Waals surface area contributed by atoms with Crippen LogP contribution in [0.5, 0.6) is 11.6 Å². The van der Waals surface area contributed by atoms with Crippen LogP contribution < -0.4 is 10.1 Å². The molecule has 0 radical (unpaired) electrons. The zero-order valence-electron chi connectivity index (χ0n) is 18.4. The highest BCUT2D eigenvalue weighted by atomic mass is 16.5. The van der Waals surface area contributed by atoms with Crippen molar-refractivity contribution in [2.45, 2.75) is 26.8 Å². The monoisotopic (exact) mass is 441 g/mol. The summed E-state index contributed by atoms with van der Waals surface area (Å²) in [6.07, 6.45) is 3.84. The minimum Gasteiger partial charge on any atom is -0.439 e. The molecular formula is C25H23N5O3. The van der Waals surface area contributed by atoms with Crippen molar-refractivity contribution in [3.8, 4) is 11.6 Å². The SMILES string of the molecule is CC(=O)N1CCc2c(ncnc2Oc2ccc3c(ccn3C(=O)Nc3cccc(C)c3)c2)C1. The number of ether oxygens (including phenoxy) is 1. The van der Waals surface area contributed by atoms with E-state index < -0.39 is 0 Å². The van der Waals surface area contributed by atoms with Gasteiger partial charge in [-0.15, -0.1) is 0 Å². The van der Waals surface area contributed by atoms with Crippen LogP contribution in [0, 0.1) is 6.92 Å². The van der Waals surface area contributed by atoms with Crippen LogP contribution in [0.1, 0.15) is 23.7 Å². The van der Waals surface area contributed by atoms with Crippen LogP contribution in [0.2, 0.25) is 0 Å². The maximum Gasteiger partial charge on any atom is 0.330 e. The van der Waals surface area contributed by atoms with E-state index in [4.69, 9.17) is 4.74 Å². The van der Waals surface area contributed by atoms with Gasteiger partial charge in [-0.2, -0.15) is 0 Å². The summed E-state index contributed by atoms with van der Waals surface area (Å²) >= 11 is 0. The number of rotatable bonds is 3. The lowest BCUT2D eigenvalue weighted by Gasteiger charge is -2.27. The van der Waals surface area contributed by atoms with Gasteiger partial charge < -0.3 is 15.0 Å². The van der Waals surface area contributed by atoms with E-state index in [0.29, 0.717) is 31.1 Å². The molecule has 5 rings (SSSR count). The minimum atomic E-state index is -0.232. The Morgan fingerprint density at radius 2 is 1.97 bits per heavy atom. The minimum absolute atomic E-state index is 0.0307. The lowest BCUT2D eigenvalue weighted by atomic mass is 10.1. The smallest absolute Gasteiger partial charge is 0.330 e. The first-order valence-electron chi connectivity index (χ1n) is 10.7. The van der Waals surface area contributed by atoms with Gasteiger partial charge in [-0.05, 0) is 55.3 Å². The fourth-order valence-corrected chi connectivity index (χ4v) is 4.06. The summed E-state index contributed by atoms with van der Waals surface area (Å²) in [5.74, 6) is 1.15. The molecule has 0 saturated carbocycles. The van der Waals surface area contributed by atoms with Crippen LogP contribution >= 0.6 is 0 Å². The van der Waals surface area contributed by atoms with Crippen molar-refractivity contribution >= 4 is 28.5 Å². The van der Waals surface area contributed by atoms with Crippen LogP contribution in [-0.4, -0.2) is 37.9 Å². The average Bonchev–Trinajstić information content (AvgIpc) is 3.22. The molecule has 0 spiro atoms. The van der Waals surface area contributed by atoms with Crippen LogP contribution in [0.25, 0.3) is 10.9 Å². The molecule has 33 heavy (non-hydrogen) atoms. The lowest BCUT2D eigenvalue weighted by molar-refractivity contribution is -0.129. The Hall–Kier alpha value is -4.20. The molecule has 0 bridgehead atoms. The van der Waals surface area contributed by atoms with E-state index in [1.807, 2.05) is 55.5 Å². The molecule has 0 aliphatic carbocycles. The Morgan fingerprint density at radius 3 is 2.79 bits per heavy atom. The average molecular weight is 441 g/mol. The second-order valence-corrected chi connectivity index (χ2v) is 8.10. The fraction of sp³-hybridized carbons (Fsp3) is 0.200. The normalized spacial score (nSPS) is 13.0. The molecule has 0 unspecified atom stereocenters. The molecule has 8 nitrogen and oxygen atoms in total. The number of carbonyl (C=O) groups is 2. The van der Waals surface area contributed by atoms with E-state index in [0.717, 1.165) is 33.4 Å². The van der Waals surface area contributed by atoms with Gasteiger partial charge in [0.1, 0.15) is 12.1 Å². The van der Waals surface area contributed by atoms with Crippen molar-refractivity contribution in [1.82, 2.24) is 19.4 Å². The summed E-state index contributed by atoms with van der Waals surface area (Å²) in [6, 6.07) is 14.9. The van der Waals surface area contributed by atoms with Gasteiger partial charge in [0.2, 0.25) is 11.8 Å². The lowest BCUT2D eigenvalue weighted by Crippen LogP contribution is -2.35. The molecule has 1 aliphatic rings. The first kappa shape index (κ1) is 20.7. The molecule has 2 amide bonds. The zero-order chi connectivity index (χ0) is 22.9. The Labute approximate surface area is 190 Å². The number of nitrogens with zero attached hydrogens (tertiary/aromatic N) is 4. The Morgan fingerprint density at radius 1 is 1.09 bits per heavy atom. The molecule has 0 fully saturated rings. The van der Waals surface area contributed by atoms with Gasteiger partial charge in [-0.1, -0.05) is 12.1 Å². The van der Waals surface area contributed by atoms with Crippen molar-refractivity contribution < 1.29 is 14.3 Å². The largest absolute Gasteiger partial charge is 0.439 e. The second kappa shape index (κ2) is 8.38. The highest BCUT2D eigenvalue weighted by molar-refractivity contribution is 5.98. The summed E-state index contributed by atoms with van der Waals surface area (Å²) < 4.78 is 7.67. The molecule has 3 heterocycles. The van der Waals surface area contributed by atoms with Gasteiger partial charge >= 0.3 is 6.03 Å². The topological polar surface area (TPSA) is 89.4 Å². The number of hydrogen-bond acceptors (Lipinski definition) is 5. The van der Waals surface area contributed by atoms with Gasteiger partial charge in [0, 0.05) is 36.3 Å². The van der Waals surface area contributed by atoms with Crippen molar-refractivity contribution in [2.24, 2.45) is 0 Å². The summed E-state index contributed by atoms with van der Waals surface area (Å²) in [5, 5.41) is 3.80. The summed E-state index contributed by atoms with van der Waals surface area (Å²) in [6.45, 7) is 4.62. The first-order chi connectivity index (χ1) is 16.0. The third kappa shape index (κ3) is 4.15. The van der Waals surface area contributed by atoms with E-state index in [1.165, 1.54) is 6.33 Å². The molecule has 2 aromatic carbocycles. The van der Waals surface area contributed by atoms with E-state index in [9.17, 15) is 9.59 Å². The van der Waals surface area contributed by atoms with Crippen molar-refractivity contribution in [3.63, 3.8) is 0 Å². The van der Waals surface area contributed by atoms with Crippen molar-refractivity contribution in [2.75, 3.05) is 11.9 Å². The maximum absolute atomic E-state index is 12.8. The molecule has 8 heteroatoms. The van der Waals surface area contributed by atoms with Gasteiger partial charge in [0.15, 0.2) is 0 Å². The zero-order valence-corrected chi connectivity index (χ0v) is 18.4. The third-order valence-corrected chi connectivity index (χ3v) is 5.78. The highest BCUT2D eigenvalue weighted by Gasteiger charge is 2.23. The summed E-state index contributed by atoms with van der Waals surface area (Å²) in [5.41, 5.74) is 4.33. The van der Waals surface area contributed by atoms with Gasteiger partial charge in [-0.3, -0.25) is 9.36 Å². The number of anilines is 1. The quantitative estimate of drug-likeness (QED) is 0.505. The summed E-state index contributed by atoms with van der Waals surface area (Å²) in [4.78, 5) is 34.9. The second-order valence-electron chi connectivity index (χ2n) is 8.10. The number of amides is 2. The molecular weight excluding hydrogens is 418 g/mol. The third-order valence-electron chi connectivity index (χ3n) is 5.78. The highest BCUT2D eigenvalue weighted by Crippen LogP contribution is 2.30. The Balaban J connectivity index is 1.37. The number of benzene rings is 2. The van der Waals surface area contributed by atoms with E-state index in [2.05, 4.69) is 15.3 Å². The molecule has 166 valence electrons. The molecule has 1 aliphatic heterocycles. The van der Waals surface area contributed by atoms with Gasteiger partial charge in [0.25, 0.3) is 0 Å².